The van der Waals surface area contributed by atoms with Gasteiger partial charge < -0.3 is 9.47 Å². The molecule has 0 aliphatic heterocycles. The summed E-state index contributed by atoms with van der Waals surface area (Å²) in [5.41, 5.74) is 0.286. The van der Waals surface area contributed by atoms with E-state index in [0.717, 1.165) is 12.1 Å². The van der Waals surface area contributed by atoms with Crippen LogP contribution in [0.1, 0.15) is 17.5 Å². The maximum Gasteiger partial charge on any atom is 0.460 e. The van der Waals surface area contributed by atoms with Crippen LogP contribution in [0.4, 0.5) is 57.1 Å². The normalized spacial score (nSPS) is 14.5. The zero-order valence-electron chi connectivity index (χ0n) is 17.4. The third-order valence-electron chi connectivity index (χ3n) is 4.61. The molecule has 2 nitrogen and oxygen atoms in total. The van der Waals surface area contributed by atoms with Crippen LogP contribution in [0.25, 0.3) is 0 Å². The number of rotatable bonds is 14. The molecule has 0 aliphatic rings. The molecule has 0 atom stereocenters. The van der Waals surface area contributed by atoms with Gasteiger partial charge in [-0.3, -0.25) is 0 Å². The van der Waals surface area contributed by atoms with Gasteiger partial charge in [0.05, 0.1) is 26.4 Å². The van der Waals surface area contributed by atoms with Crippen molar-refractivity contribution < 1.29 is 66.5 Å². The highest BCUT2D eigenvalue weighted by atomic mass is 35.5. The van der Waals surface area contributed by atoms with Crippen molar-refractivity contribution >= 4 is 11.6 Å². The van der Waals surface area contributed by atoms with Gasteiger partial charge in [-0.05, 0) is 17.5 Å². The standard InChI is InChI=1S/C19H18ClF13O2/c20-7-8-34-9-10-35-11-13-3-1-12(2-4-13)5-6-14(21,22)15(23,24)16(25,26)17(27,28)18(29,30)19(31,32)33/h1-4H,5-11H2. The second kappa shape index (κ2) is 11.3. The van der Waals surface area contributed by atoms with Gasteiger partial charge in [0.2, 0.25) is 0 Å². The minimum Gasteiger partial charge on any atom is -0.378 e. The Balaban J connectivity index is 2.88. The van der Waals surface area contributed by atoms with Gasteiger partial charge >= 0.3 is 35.8 Å². The first-order valence-electron chi connectivity index (χ1n) is 9.51. The Morgan fingerprint density at radius 1 is 0.571 bits per heavy atom. The summed E-state index contributed by atoms with van der Waals surface area (Å²) in [5.74, 6) is -36.5. The second-order valence-electron chi connectivity index (χ2n) is 7.17. The molecule has 0 bridgehead atoms. The van der Waals surface area contributed by atoms with Crippen LogP contribution in [0.5, 0.6) is 0 Å². The number of alkyl halides is 14. The predicted octanol–water partition coefficient (Wildman–Crippen LogP) is 7.13. The van der Waals surface area contributed by atoms with Crippen LogP contribution < -0.4 is 0 Å². The van der Waals surface area contributed by atoms with E-state index in [1.165, 1.54) is 12.1 Å². The minimum atomic E-state index is -7.89. The third kappa shape index (κ3) is 6.64. The lowest BCUT2D eigenvalue weighted by molar-refractivity contribution is -0.440. The van der Waals surface area contributed by atoms with E-state index < -0.39 is 48.6 Å². The van der Waals surface area contributed by atoms with E-state index in [0.29, 0.717) is 5.56 Å². The summed E-state index contributed by atoms with van der Waals surface area (Å²) < 4.78 is 181. The number of hydrogen-bond donors (Lipinski definition) is 0. The van der Waals surface area contributed by atoms with Crippen LogP contribution in [0.15, 0.2) is 24.3 Å². The average Bonchev–Trinajstić information content (AvgIpc) is 2.74. The van der Waals surface area contributed by atoms with Gasteiger partial charge in [0, 0.05) is 12.3 Å². The lowest BCUT2D eigenvalue weighted by Crippen LogP contribution is -2.70. The molecule has 0 radical (unpaired) electrons. The van der Waals surface area contributed by atoms with Crippen LogP contribution in [0.3, 0.4) is 0 Å². The van der Waals surface area contributed by atoms with E-state index in [1.54, 1.807) is 0 Å². The van der Waals surface area contributed by atoms with Crippen molar-refractivity contribution in [2.24, 2.45) is 0 Å². The fourth-order valence-corrected chi connectivity index (χ4v) is 2.64. The second-order valence-corrected chi connectivity index (χ2v) is 7.55. The quantitative estimate of drug-likeness (QED) is 0.137. The Kier molecular flexibility index (Phi) is 10.2. The van der Waals surface area contributed by atoms with Gasteiger partial charge in [0.1, 0.15) is 0 Å². The molecule has 16 heteroatoms. The average molecular weight is 561 g/mol. The minimum absolute atomic E-state index is 0.00741. The van der Waals surface area contributed by atoms with E-state index in [-0.39, 0.29) is 37.9 Å². The van der Waals surface area contributed by atoms with Crippen LogP contribution in [-0.2, 0) is 22.5 Å². The van der Waals surface area contributed by atoms with Crippen molar-refractivity contribution in [1.29, 1.82) is 0 Å². The topological polar surface area (TPSA) is 18.5 Å². The van der Waals surface area contributed by atoms with Crippen LogP contribution in [-0.4, -0.2) is 61.5 Å². The first-order valence-corrected chi connectivity index (χ1v) is 10.0. The van der Waals surface area contributed by atoms with E-state index in [1.807, 2.05) is 0 Å². The third-order valence-corrected chi connectivity index (χ3v) is 4.77. The smallest absolute Gasteiger partial charge is 0.378 e. The molecule has 0 aromatic heterocycles. The maximum atomic E-state index is 13.8. The van der Waals surface area contributed by atoms with Crippen molar-refractivity contribution in [2.45, 2.75) is 55.2 Å². The SMILES string of the molecule is FC(F)(F)C(F)(F)C(F)(F)C(F)(F)C(F)(F)C(F)(F)CCc1ccc(COCCOCCCl)cc1. The number of aryl methyl sites for hydroxylation is 1. The molecule has 1 aromatic rings. The van der Waals surface area contributed by atoms with Gasteiger partial charge in [-0.15, -0.1) is 11.6 Å². The van der Waals surface area contributed by atoms with E-state index in [4.69, 9.17) is 21.1 Å². The summed E-state index contributed by atoms with van der Waals surface area (Å²) in [7, 11) is 0. The zero-order valence-corrected chi connectivity index (χ0v) is 18.1. The molecular formula is C19H18ClF13O2. The first kappa shape index (κ1) is 31.5. The lowest BCUT2D eigenvalue weighted by Gasteiger charge is -2.39. The fraction of sp³-hybridized carbons (Fsp3) is 0.684. The Hall–Kier alpha value is -1.48. The monoisotopic (exact) mass is 560 g/mol. The predicted molar refractivity (Wildman–Crippen MR) is 96.7 cm³/mol. The zero-order chi connectivity index (χ0) is 27.3. The van der Waals surface area contributed by atoms with Gasteiger partial charge in [-0.25, -0.2) is 0 Å². The van der Waals surface area contributed by atoms with Crippen LogP contribution >= 0.6 is 11.6 Å². The fourth-order valence-electron chi connectivity index (χ4n) is 2.53. The highest BCUT2D eigenvalue weighted by Crippen LogP contribution is 2.60. The maximum absolute atomic E-state index is 13.8. The molecule has 204 valence electrons. The first-order chi connectivity index (χ1) is 15.8. The molecule has 35 heavy (non-hydrogen) atoms. The Labute approximate surface area is 195 Å². The molecule has 0 spiro atoms. The number of ether oxygens (including phenoxy) is 2. The Morgan fingerprint density at radius 2 is 1.03 bits per heavy atom. The molecule has 0 heterocycles. The molecule has 0 unspecified atom stereocenters. The van der Waals surface area contributed by atoms with Crippen molar-refractivity contribution in [3.8, 4) is 0 Å². The molecule has 0 saturated carbocycles. The van der Waals surface area contributed by atoms with E-state index in [2.05, 4.69) is 0 Å². The van der Waals surface area contributed by atoms with Crippen LogP contribution in [0, 0.1) is 0 Å². The van der Waals surface area contributed by atoms with Crippen molar-refractivity contribution in [3.63, 3.8) is 0 Å². The summed E-state index contributed by atoms with van der Waals surface area (Å²) in [5, 5.41) is 0. The highest BCUT2D eigenvalue weighted by molar-refractivity contribution is 6.17. The Bertz CT molecular complexity index is 795. The summed E-state index contributed by atoms with van der Waals surface area (Å²) in [4.78, 5) is 0. The van der Waals surface area contributed by atoms with Gasteiger partial charge in [0.15, 0.2) is 0 Å². The molecule has 0 saturated heterocycles. The summed E-state index contributed by atoms with van der Waals surface area (Å²) in [6.07, 6.45) is -10.8. The summed E-state index contributed by atoms with van der Waals surface area (Å²) in [6.45, 7) is 0.671. The van der Waals surface area contributed by atoms with Crippen molar-refractivity contribution in [3.05, 3.63) is 35.4 Å². The molecule has 0 N–H and O–H groups in total. The largest absolute Gasteiger partial charge is 0.460 e. The molecule has 1 aromatic carbocycles. The van der Waals surface area contributed by atoms with E-state index in [9.17, 15) is 57.1 Å². The molecule has 1 rings (SSSR count). The number of hydrogen-bond acceptors (Lipinski definition) is 2. The van der Waals surface area contributed by atoms with E-state index >= 15 is 0 Å². The molecule has 0 aliphatic carbocycles. The van der Waals surface area contributed by atoms with Gasteiger partial charge in [0.25, 0.3) is 0 Å². The summed E-state index contributed by atoms with van der Waals surface area (Å²) >= 11 is 5.38. The molecular weight excluding hydrogens is 543 g/mol. The van der Waals surface area contributed by atoms with Crippen LogP contribution in [0.2, 0.25) is 0 Å². The van der Waals surface area contributed by atoms with Crippen molar-refractivity contribution in [1.82, 2.24) is 0 Å². The van der Waals surface area contributed by atoms with Crippen molar-refractivity contribution in [2.75, 3.05) is 25.7 Å². The number of halogens is 14. The molecule has 0 fully saturated rings. The number of benzene rings is 1. The van der Waals surface area contributed by atoms with Gasteiger partial charge in [-0.2, -0.15) is 57.1 Å². The molecule has 0 amide bonds. The lowest BCUT2D eigenvalue weighted by atomic mass is 9.91. The van der Waals surface area contributed by atoms with Gasteiger partial charge in [-0.1, -0.05) is 24.3 Å². The highest BCUT2D eigenvalue weighted by Gasteiger charge is 2.90. The Morgan fingerprint density at radius 3 is 1.51 bits per heavy atom. The summed E-state index contributed by atoms with van der Waals surface area (Å²) in [6, 6.07) is 4.72.